The van der Waals surface area contributed by atoms with E-state index in [9.17, 15) is 0 Å². The van der Waals surface area contributed by atoms with Crippen LogP contribution in [0.2, 0.25) is 0 Å². The molecule has 1 aliphatic rings. The molecule has 2 atom stereocenters. The lowest BCUT2D eigenvalue weighted by atomic mass is 10.0. The number of pyridine rings is 2. The molecule has 4 aromatic rings. The Bertz CT molecular complexity index is 1190. The van der Waals surface area contributed by atoms with Gasteiger partial charge < -0.3 is 19.5 Å². The van der Waals surface area contributed by atoms with E-state index in [0.717, 1.165) is 28.6 Å². The number of thiocarbonyl (C=S) groups is 1. The van der Waals surface area contributed by atoms with Crippen LogP contribution in [0, 0.1) is 0 Å². The molecule has 0 aliphatic carbocycles. The second kappa shape index (κ2) is 8.80. The van der Waals surface area contributed by atoms with E-state index in [0.29, 0.717) is 11.7 Å². The molecule has 0 radical (unpaired) electrons. The molecule has 0 saturated carbocycles. The zero-order valence-corrected chi connectivity index (χ0v) is 18.4. The van der Waals surface area contributed by atoms with Crippen LogP contribution < -0.4 is 15.0 Å². The van der Waals surface area contributed by atoms with Crippen molar-refractivity contribution in [2.75, 3.05) is 11.5 Å². The van der Waals surface area contributed by atoms with E-state index in [4.69, 9.17) is 17.0 Å². The summed E-state index contributed by atoms with van der Waals surface area (Å²) in [7, 11) is 0. The summed E-state index contributed by atoms with van der Waals surface area (Å²) < 4.78 is 7.74. The molecule has 3 aromatic heterocycles. The third-order valence-corrected chi connectivity index (χ3v) is 5.82. The van der Waals surface area contributed by atoms with Gasteiger partial charge in [-0.2, -0.15) is 0 Å². The van der Waals surface area contributed by atoms with E-state index in [-0.39, 0.29) is 12.1 Å². The van der Waals surface area contributed by atoms with Crippen molar-refractivity contribution >= 4 is 23.0 Å². The highest BCUT2D eigenvalue weighted by atomic mass is 32.1. The van der Waals surface area contributed by atoms with Gasteiger partial charge in [-0.15, -0.1) is 0 Å². The Kier molecular flexibility index (Phi) is 5.56. The minimum absolute atomic E-state index is 0.118. The first-order valence-electron chi connectivity index (χ1n) is 10.6. The first-order chi connectivity index (χ1) is 15.8. The van der Waals surface area contributed by atoms with Crippen LogP contribution in [0.4, 0.5) is 5.69 Å². The summed E-state index contributed by atoms with van der Waals surface area (Å²) in [5, 5.41) is 4.16. The van der Waals surface area contributed by atoms with Gasteiger partial charge in [0.05, 0.1) is 18.3 Å². The molecular formula is C25H23N5OS. The number of hydrogen-bond acceptors (Lipinski definition) is 4. The lowest BCUT2D eigenvalue weighted by Crippen LogP contribution is -2.30. The molecule has 1 aromatic carbocycles. The van der Waals surface area contributed by atoms with Crippen molar-refractivity contribution in [1.29, 1.82) is 0 Å². The minimum atomic E-state index is -0.118. The number of benzene rings is 1. The van der Waals surface area contributed by atoms with Gasteiger partial charge in [-0.05, 0) is 79.8 Å². The number of aromatic nitrogens is 3. The Hall–Kier alpha value is -3.71. The Labute approximate surface area is 192 Å². The SMILES string of the molecule is CCOc1ccc(N2C(=S)N[C@@H](c3ccccn3)[C@@H]2c2cccn2-c2ccccn2)cc1. The summed E-state index contributed by atoms with van der Waals surface area (Å²) in [4.78, 5) is 11.3. The lowest BCUT2D eigenvalue weighted by Gasteiger charge is -2.29. The fraction of sp³-hybridized carbons (Fsp3) is 0.160. The molecule has 5 rings (SSSR count). The summed E-state index contributed by atoms with van der Waals surface area (Å²) in [5.74, 6) is 1.70. The highest BCUT2D eigenvalue weighted by Gasteiger charge is 2.42. The second-order valence-electron chi connectivity index (χ2n) is 7.41. The van der Waals surface area contributed by atoms with Crippen LogP contribution in [-0.2, 0) is 0 Å². The average Bonchev–Trinajstić information content (AvgIpc) is 3.45. The van der Waals surface area contributed by atoms with Crippen LogP contribution in [-0.4, -0.2) is 26.3 Å². The van der Waals surface area contributed by atoms with Crippen LogP contribution in [0.5, 0.6) is 5.75 Å². The summed E-state index contributed by atoms with van der Waals surface area (Å²) in [5.41, 5.74) is 2.99. The number of nitrogens with zero attached hydrogens (tertiary/aromatic N) is 4. The monoisotopic (exact) mass is 441 g/mol. The van der Waals surface area contributed by atoms with Crippen molar-refractivity contribution in [1.82, 2.24) is 19.9 Å². The van der Waals surface area contributed by atoms with E-state index in [2.05, 4.69) is 30.8 Å². The van der Waals surface area contributed by atoms with Gasteiger partial charge in [0, 0.05) is 30.0 Å². The molecule has 0 bridgehead atoms. The van der Waals surface area contributed by atoms with Gasteiger partial charge in [-0.1, -0.05) is 12.1 Å². The Morgan fingerprint density at radius 1 is 0.938 bits per heavy atom. The van der Waals surface area contributed by atoms with Gasteiger partial charge >= 0.3 is 0 Å². The molecule has 1 aliphatic heterocycles. The molecule has 7 heteroatoms. The zero-order valence-electron chi connectivity index (χ0n) is 17.6. The normalized spacial score (nSPS) is 17.9. The lowest BCUT2D eigenvalue weighted by molar-refractivity contribution is 0.340. The van der Waals surface area contributed by atoms with Gasteiger partial charge in [-0.25, -0.2) is 4.98 Å². The third-order valence-electron chi connectivity index (χ3n) is 5.50. The van der Waals surface area contributed by atoms with Crippen LogP contribution in [0.25, 0.3) is 5.82 Å². The van der Waals surface area contributed by atoms with E-state index in [1.165, 1.54) is 0 Å². The number of ether oxygens (including phenoxy) is 1. The summed E-state index contributed by atoms with van der Waals surface area (Å²) in [6, 6.07) is 23.8. The summed E-state index contributed by atoms with van der Waals surface area (Å²) in [6.45, 7) is 2.61. The highest BCUT2D eigenvalue weighted by molar-refractivity contribution is 7.80. The van der Waals surface area contributed by atoms with Crippen molar-refractivity contribution in [3.8, 4) is 11.6 Å². The van der Waals surface area contributed by atoms with Gasteiger partial charge in [-0.3, -0.25) is 4.98 Å². The van der Waals surface area contributed by atoms with Crippen molar-refractivity contribution in [3.63, 3.8) is 0 Å². The van der Waals surface area contributed by atoms with Crippen LogP contribution >= 0.6 is 12.2 Å². The summed E-state index contributed by atoms with van der Waals surface area (Å²) in [6.07, 6.45) is 5.65. The fourth-order valence-electron chi connectivity index (χ4n) is 4.14. The molecule has 32 heavy (non-hydrogen) atoms. The Morgan fingerprint density at radius 2 is 1.72 bits per heavy atom. The number of hydrogen-bond donors (Lipinski definition) is 1. The average molecular weight is 442 g/mol. The molecule has 1 N–H and O–H groups in total. The van der Waals surface area contributed by atoms with Gasteiger partial charge in [0.1, 0.15) is 17.6 Å². The number of rotatable bonds is 6. The topological polar surface area (TPSA) is 55.2 Å². The largest absolute Gasteiger partial charge is 0.494 e. The van der Waals surface area contributed by atoms with Crippen molar-refractivity contribution < 1.29 is 4.74 Å². The van der Waals surface area contributed by atoms with Gasteiger partial charge in [0.2, 0.25) is 0 Å². The first-order valence-corrected chi connectivity index (χ1v) is 11.0. The van der Waals surface area contributed by atoms with E-state index < -0.39 is 0 Å². The minimum Gasteiger partial charge on any atom is -0.494 e. The van der Waals surface area contributed by atoms with Crippen molar-refractivity contribution in [3.05, 3.63) is 103 Å². The van der Waals surface area contributed by atoms with Gasteiger partial charge in [0.15, 0.2) is 5.11 Å². The molecule has 1 saturated heterocycles. The maximum absolute atomic E-state index is 5.83. The molecule has 4 heterocycles. The quantitative estimate of drug-likeness (QED) is 0.432. The number of anilines is 1. The standard InChI is InChI=1S/C25H23N5OS/c1-2-31-19-13-11-18(12-14-19)30-24(23(28-25(30)32)20-8-3-5-15-26-20)21-9-7-17-29(21)22-10-4-6-16-27-22/h3-17,23-24H,2H2,1H3,(H,28,32)/t23-,24-/m0/s1. The van der Waals surface area contributed by atoms with Crippen LogP contribution in [0.15, 0.2) is 91.4 Å². The number of nitrogens with one attached hydrogen (secondary N) is 1. The fourth-order valence-corrected chi connectivity index (χ4v) is 4.49. The highest BCUT2D eigenvalue weighted by Crippen LogP contribution is 2.42. The van der Waals surface area contributed by atoms with Crippen LogP contribution in [0.3, 0.4) is 0 Å². The molecular weight excluding hydrogens is 418 g/mol. The van der Waals surface area contributed by atoms with E-state index >= 15 is 0 Å². The second-order valence-corrected chi connectivity index (χ2v) is 7.80. The maximum atomic E-state index is 5.83. The molecule has 0 unspecified atom stereocenters. The van der Waals surface area contributed by atoms with Crippen LogP contribution in [0.1, 0.15) is 30.4 Å². The zero-order chi connectivity index (χ0) is 21.9. The van der Waals surface area contributed by atoms with E-state index in [1.54, 1.807) is 6.20 Å². The van der Waals surface area contributed by atoms with E-state index in [1.807, 2.05) is 86.0 Å². The molecule has 160 valence electrons. The maximum Gasteiger partial charge on any atom is 0.174 e. The van der Waals surface area contributed by atoms with Gasteiger partial charge in [0.25, 0.3) is 0 Å². The Balaban J connectivity index is 1.62. The molecule has 1 fully saturated rings. The molecule has 0 spiro atoms. The predicted octanol–water partition coefficient (Wildman–Crippen LogP) is 4.84. The van der Waals surface area contributed by atoms with Crippen molar-refractivity contribution in [2.45, 2.75) is 19.0 Å². The summed E-state index contributed by atoms with van der Waals surface area (Å²) >= 11 is 5.83. The molecule has 0 amide bonds. The van der Waals surface area contributed by atoms with Crippen molar-refractivity contribution in [2.24, 2.45) is 0 Å². The molecule has 6 nitrogen and oxygen atoms in total. The Morgan fingerprint density at radius 3 is 2.41 bits per heavy atom. The smallest absolute Gasteiger partial charge is 0.174 e. The first kappa shape index (κ1) is 20.2. The third kappa shape index (κ3) is 3.71. The predicted molar refractivity (Wildman–Crippen MR) is 129 cm³/mol.